The summed E-state index contributed by atoms with van der Waals surface area (Å²) in [7, 11) is 0. The monoisotopic (exact) mass is 343 g/mol. The van der Waals surface area contributed by atoms with Crippen LogP contribution in [0.15, 0.2) is 0 Å². The van der Waals surface area contributed by atoms with Gasteiger partial charge in [0.05, 0.1) is 0 Å². The van der Waals surface area contributed by atoms with Crippen LogP contribution in [0.1, 0.15) is 110 Å². The summed E-state index contributed by atoms with van der Waals surface area (Å²) >= 11 is 0. The maximum atomic E-state index is 3.88. The third-order valence-electron chi connectivity index (χ3n) is 3.85. The molecule has 0 aliphatic heterocycles. The van der Waals surface area contributed by atoms with Gasteiger partial charge in [-0.2, -0.15) is 6.42 Å². The third-order valence-corrected chi connectivity index (χ3v) is 3.85. The minimum atomic E-state index is 0. The van der Waals surface area contributed by atoms with Crippen molar-refractivity contribution in [2.75, 3.05) is 0 Å². The normalized spacial score (nSPS) is 10.4. The first-order valence-electron chi connectivity index (χ1n) is 8.71. The Morgan fingerprint density at radius 2 is 0.737 bits per heavy atom. The fraction of sp³-hybridized carbons (Fsp3) is 0.944. The van der Waals surface area contributed by atoms with Gasteiger partial charge in [-0.1, -0.05) is 103 Å². The minimum absolute atomic E-state index is 0. The number of rotatable bonds is 15. The Bertz CT molecular complexity index is 118. The largest absolute Gasteiger partial charge is 0.343 e. The van der Waals surface area contributed by atoms with E-state index < -0.39 is 0 Å². The van der Waals surface area contributed by atoms with Gasteiger partial charge in [0.25, 0.3) is 0 Å². The van der Waals surface area contributed by atoms with Crippen LogP contribution < -0.4 is 0 Å². The molecule has 0 unspecified atom stereocenters. The fourth-order valence-corrected chi connectivity index (χ4v) is 2.55. The third kappa shape index (κ3) is 21.3. The Morgan fingerprint density at radius 3 is 1.00 bits per heavy atom. The van der Waals surface area contributed by atoms with E-state index in [1.807, 2.05) is 0 Å². The molecule has 0 saturated carbocycles. The molecule has 19 heavy (non-hydrogen) atoms. The van der Waals surface area contributed by atoms with Gasteiger partial charge in [-0.25, -0.2) is 0 Å². The van der Waals surface area contributed by atoms with Crippen LogP contribution in [0.2, 0.25) is 0 Å². The molecule has 0 bridgehead atoms. The molecular formula is C18H37Zr-. The Hall–Kier alpha value is 0.883. The second kappa shape index (κ2) is 21.2. The first-order chi connectivity index (χ1) is 8.91. The first kappa shape index (κ1) is 22.2. The first-order valence-corrected chi connectivity index (χ1v) is 8.71. The van der Waals surface area contributed by atoms with Crippen LogP contribution in [-0.4, -0.2) is 0 Å². The summed E-state index contributed by atoms with van der Waals surface area (Å²) in [6.07, 6.45) is 22.8. The van der Waals surface area contributed by atoms with Gasteiger partial charge in [0.15, 0.2) is 0 Å². The van der Waals surface area contributed by atoms with Crippen molar-refractivity contribution in [3.05, 3.63) is 6.92 Å². The van der Waals surface area contributed by atoms with Crippen LogP contribution in [0.5, 0.6) is 0 Å². The molecule has 0 fully saturated rings. The molecule has 0 spiro atoms. The second-order valence-electron chi connectivity index (χ2n) is 5.80. The van der Waals surface area contributed by atoms with E-state index in [4.69, 9.17) is 0 Å². The van der Waals surface area contributed by atoms with E-state index in [1.54, 1.807) is 0 Å². The van der Waals surface area contributed by atoms with E-state index in [9.17, 15) is 0 Å². The van der Waals surface area contributed by atoms with Gasteiger partial charge < -0.3 is 6.92 Å². The van der Waals surface area contributed by atoms with Gasteiger partial charge in [-0.3, -0.25) is 0 Å². The van der Waals surface area contributed by atoms with Crippen molar-refractivity contribution < 1.29 is 26.2 Å². The quantitative estimate of drug-likeness (QED) is 0.220. The molecule has 0 aromatic rings. The molecule has 0 aliphatic carbocycles. The van der Waals surface area contributed by atoms with Crippen molar-refractivity contribution in [3.8, 4) is 0 Å². The predicted octanol–water partition coefficient (Wildman–Crippen LogP) is 7.08. The standard InChI is InChI=1S/C18H37.Zr/c1-3-5-7-9-11-13-15-17-18-16-14-12-10-8-6-4-2;/h1,3-18H2,2H3;/q-1;. The summed E-state index contributed by atoms with van der Waals surface area (Å²) < 4.78 is 0. The molecular weight excluding hydrogens is 307 g/mol. The van der Waals surface area contributed by atoms with Crippen LogP contribution in [0.25, 0.3) is 0 Å². The fourth-order valence-electron chi connectivity index (χ4n) is 2.55. The minimum Gasteiger partial charge on any atom is -0.343 e. The Morgan fingerprint density at radius 1 is 0.474 bits per heavy atom. The van der Waals surface area contributed by atoms with E-state index in [1.165, 1.54) is 96.3 Å². The van der Waals surface area contributed by atoms with Crippen molar-refractivity contribution in [1.82, 2.24) is 0 Å². The summed E-state index contributed by atoms with van der Waals surface area (Å²) in [6.45, 7) is 6.18. The van der Waals surface area contributed by atoms with Crippen LogP contribution in [0.3, 0.4) is 0 Å². The molecule has 0 heterocycles. The van der Waals surface area contributed by atoms with E-state index in [2.05, 4.69) is 13.8 Å². The Labute approximate surface area is 142 Å². The molecule has 0 aromatic heterocycles. The smallest absolute Gasteiger partial charge is 0 e. The van der Waals surface area contributed by atoms with Gasteiger partial charge in [-0.05, 0) is 0 Å². The molecule has 0 N–H and O–H groups in total. The average molecular weight is 345 g/mol. The molecule has 0 radical (unpaired) electrons. The molecule has 0 amide bonds. The van der Waals surface area contributed by atoms with Gasteiger partial charge in [0, 0.05) is 26.2 Å². The molecule has 0 atom stereocenters. The Kier molecular flexibility index (Phi) is 24.7. The molecule has 114 valence electrons. The van der Waals surface area contributed by atoms with Gasteiger partial charge in [0.1, 0.15) is 0 Å². The summed E-state index contributed by atoms with van der Waals surface area (Å²) in [4.78, 5) is 0. The molecule has 0 aromatic carbocycles. The summed E-state index contributed by atoms with van der Waals surface area (Å²) in [5.41, 5.74) is 0. The molecule has 0 rings (SSSR count). The Balaban J connectivity index is 0. The van der Waals surface area contributed by atoms with E-state index in [0.29, 0.717) is 0 Å². The van der Waals surface area contributed by atoms with Crippen molar-refractivity contribution in [1.29, 1.82) is 0 Å². The van der Waals surface area contributed by atoms with E-state index in [0.717, 1.165) is 6.42 Å². The second-order valence-corrected chi connectivity index (χ2v) is 5.80. The average Bonchev–Trinajstić information content (AvgIpc) is 2.39. The summed E-state index contributed by atoms with van der Waals surface area (Å²) in [5, 5.41) is 0. The topological polar surface area (TPSA) is 0 Å². The van der Waals surface area contributed by atoms with Gasteiger partial charge >= 0.3 is 0 Å². The zero-order valence-corrected chi connectivity index (χ0v) is 16.0. The number of unbranched alkanes of at least 4 members (excludes halogenated alkanes) is 15. The van der Waals surface area contributed by atoms with Crippen molar-refractivity contribution in [3.63, 3.8) is 0 Å². The molecule has 0 nitrogen and oxygen atoms in total. The molecule has 0 aliphatic rings. The van der Waals surface area contributed by atoms with Crippen LogP contribution in [-0.2, 0) is 26.2 Å². The number of hydrogen-bond donors (Lipinski definition) is 0. The van der Waals surface area contributed by atoms with Crippen LogP contribution >= 0.6 is 0 Å². The maximum Gasteiger partial charge on any atom is 0 e. The van der Waals surface area contributed by atoms with E-state index in [-0.39, 0.29) is 26.2 Å². The predicted molar refractivity (Wildman–Crippen MR) is 84.9 cm³/mol. The summed E-state index contributed by atoms with van der Waals surface area (Å²) in [5.74, 6) is 0. The van der Waals surface area contributed by atoms with Crippen molar-refractivity contribution >= 4 is 0 Å². The van der Waals surface area contributed by atoms with Crippen molar-refractivity contribution in [2.45, 2.75) is 110 Å². The SMILES string of the molecule is [CH2-]CCCCCCCCCCCCCCCCC.[Zr]. The van der Waals surface area contributed by atoms with Crippen LogP contribution in [0, 0.1) is 6.92 Å². The molecule has 1 heteroatoms. The number of hydrogen-bond acceptors (Lipinski definition) is 0. The van der Waals surface area contributed by atoms with Crippen LogP contribution in [0.4, 0.5) is 0 Å². The zero-order chi connectivity index (χ0) is 13.3. The maximum absolute atomic E-state index is 3.88. The zero-order valence-electron chi connectivity index (χ0n) is 13.5. The van der Waals surface area contributed by atoms with Gasteiger partial charge in [0.2, 0.25) is 0 Å². The van der Waals surface area contributed by atoms with Gasteiger partial charge in [-0.15, -0.1) is 0 Å². The van der Waals surface area contributed by atoms with Crippen molar-refractivity contribution in [2.24, 2.45) is 0 Å². The summed E-state index contributed by atoms with van der Waals surface area (Å²) in [6, 6.07) is 0. The molecule has 0 saturated heterocycles. The van der Waals surface area contributed by atoms with E-state index >= 15 is 0 Å².